The summed E-state index contributed by atoms with van der Waals surface area (Å²) in [4.78, 5) is 25.6. The molecule has 20 heteroatoms. The first-order valence-corrected chi connectivity index (χ1v) is 20.8. The molecule has 58 heavy (non-hydrogen) atoms. The molecule has 1 saturated carbocycles. The maximum Gasteiger partial charge on any atom is 0.268 e. The highest BCUT2D eigenvalue weighted by molar-refractivity contribution is 7.92. The van der Waals surface area contributed by atoms with Gasteiger partial charge in [-0.25, -0.2) is 49.1 Å². The Balaban J connectivity index is 1.47. The topological polar surface area (TPSA) is 141 Å². The number of nitrogens with zero attached hydrogens (tertiary/aromatic N) is 6. The third-order valence-electron chi connectivity index (χ3n) is 10.8. The number of nitrogens with one attached hydrogen (secondary N) is 1. The molecule has 3 N–H and O–H groups in total. The van der Waals surface area contributed by atoms with Gasteiger partial charge in [0.05, 0.1) is 51.5 Å². The second-order valence-corrected chi connectivity index (χ2v) is 17.6. The summed E-state index contributed by atoms with van der Waals surface area (Å²) in [5, 5.41) is 4.46. The van der Waals surface area contributed by atoms with Crippen LogP contribution in [0.15, 0.2) is 41.2 Å². The molecule has 1 aliphatic carbocycles. The summed E-state index contributed by atoms with van der Waals surface area (Å²) in [7, 11) is -3.98. The average molecular weight is 857 g/mol. The molecule has 2 aromatic carbocycles. The summed E-state index contributed by atoms with van der Waals surface area (Å²) in [5.41, 5.74) is 3.60. The molecule has 2 aliphatic rings. The normalized spacial score (nSPS) is 21.0. The number of hydrogen-bond donors (Lipinski definition) is 2. The SMILES string of the molecule is Cc1cc(C2(F)CCC(F)(F)CC2)nc2nc([C@@H](N)Cc3cc(F)cc(F)c3)n(-c3ccc(Cl)c4c(NS(C)(=O)=O)nn(C[C@@H](C)N5C[C@H](F)C[C@H](F)C5)c34)c(=O)c12. The predicted octanol–water partition coefficient (Wildman–Crippen LogP) is 7.13. The summed E-state index contributed by atoms with van der Waals surface area (Å²) in [6, 6.07) is 4.96. The van der Waals surface area contributed by atoms with E-state index < -0.39 is 88.9 Å². The number of aryl methyl sites for hydroxylation is 1. The second kappa shape index (κ2) is 15.4. The van der Waals surface area contributed by atoms with Gasteiger partial charge in [0.2, 0.25) is 15.9 Å². The molecule has 11 nitrogen and oxygen atoms in total. The molecule has 0 radical (unpaired) electrons. The van der Waals surface area contributed by atoms with Crippen molar-refractivity contribution in [3.63, 3.8) is 0 Å². The smallest absolute Gasteiger partial charge is 0.268 e. The van der Waals surface area contributed by atoms with E-state index in [-0.39, 0.29) is 93.6 Å². The molecule has 312 valence electrons. The Morgan fingerprint density at radius 1 is 0.983 bits per heavy atom. The minimum absolute atomic E-state index is 0.00564. The number of pyridine rings is 1. The molecule has 0 spiro atoms. The number of likely N-dealkylation sites (tertiary alicyclic amines) is 1. The Labute approximate surface area is 333 Å². The zero-order chi connectivity index (χ0) is 42.1. The minimum Gasteiger partial charge on any atom is -0.321 e. The van der Waals surface area contributed by atoms with E-state index in [0.29, 0.717) is 6.07 Å². The fourth-order valence-corrected chi connectivity index (χ4v) is 8.72. The summed E-state index contributed by atoms with van der Waals surface area (Å²) in [6.45, 7) is 2.97. The summed E-state index contributed by atoms with van der Waals surface area (Å²) >= 11 is 6.72. The van der Waals surface area contributed by atoms with Gasteiger partial charge in [-0.05, 0) is 74.6 Å². The lowest BCUT2D eigenvalue weighted by Gasteiger charge is -2.35. The first-order valence-electron chi connectivity index (χ1n) is 18.5. The molecule has 5 aromatic rings. The van der Waals surface area contributed by atoms with Crippen molar-refractivity contribution in [3.8, 4) is 5.69 Å². The maximum absolute atomic E-state index is 16.4. The molecular formula is C38H40ClF7N8O3S. The van der Waals surface area contributed by atoms with E-state index in [1.165, 1.54) is 29.8 Å². The first-order chi connectivity index (χ1) is 27.1. The first kappa shape index (κ1) is 41.8. The monoisotopic (exact) mass is 856 g/mol. The molecule has 3 aromatic heterocycles. The maximum atomic E-state index is 16.4. The van der Waals surface area contributed by atoms with Gasteiger partial charge in [0.25, 0.3) is 5.56 Å². The van der Waals surface area contributed by atoms with Crippen LogP contribution in [0.3, 0.4) is 0 Å². The molecular weight excluding hydrogens is 817 g/mol. The Bertz CT molecular complexity index is 2550. The fraction of sp³-hybridized carbons (Fsp3) is 0.474. The van der Waals surface area contributed by atoms with Crippen molar-refractivity contribution in [2.45, 2.75) is 94.9 Å². The molecule has 7 rings (SSSR count). The number of rotatable bonds is 10. The lowest BCUT2D eigenvalue weighted by molar-refractivity contribution is -0.0784. The Morgan fingerprint density at radius 3 is 2.24 bits per heavy atom. The highest BCUT2D eigenvalue weighted by atomic mass is 35.5. The van der Waals surface area contributed by atoms with Gasteiger partial charge >= 0.3 is 0 Å². The van der Waals surface area contributed by atoms with Crippen LogP contribution >= 0.6 is 11.6 Å². The number of piperidine rings is 1. The van der Waals surface area contributed by atoms with Crippen LogP contribution in [-0.4, -0.2) is 81.3 Å². The minimum atomic E-state index is -3.98. The Morgan fingerprint density at radius 2 is 1.62 bits per heavy atom. The standard InChI is InChI=1S/C38H40ClF7N8O3S/c1-19-10-29(37(44)6-8-38(45,46)9-7-37)48-33-30(19)36(55)54(35(49-33)27(47)13-21-11-22(40)14-23(41)12-21)28-5-4-26(39)31-32(28)53(50-34(31)51-58(3,56)57)16-20(2)52-17-24(42)15-25(43)18-52/h4-5,10-12,14,20,24-25,27H,6-9,13,15-18,47H2,1-3H3,(H,50,51)/t20-,24-,25+,27+/m1/s1. The van der Waals surface area contributed by atoms with Crippen LogP contribution < -0.4 is 16.0 Å². The van der Waals surface area contributed by atoms with Crippen LogP contribution in [0.2, 0.25) is 5.02 Å². The third kappa shape index (κ3) is 8.40. The van der Waals surface area contributed by atoms with E-state index in [1.54, 1.807) is 11.8 Å². The number of hydrogen-bond acceptors (Lipinski definition) is 8. The van der Waals surface area contributed by atoms with E-state index in [0.717, 1.165) is 23.0 Å². The number of alkyl halides is 5. The van der Waals surface area contributed by atoms with Gasteiger partial charge in [0.1, 0.15) is 29.8 Å². The van der Waals surface area contributed by atoms with Gasteiger partial charge in [0, 0.05) is 44.5 Å². The molecule has 0 amide bonds. The van der Waals surface area contributed by atoms with Crippen molar-refractivity contribution in [2.75, 3.05) is 24.1 Å². The van der Waals surface area contributed by atoms with Crippen molar-refractivity contribution in [2.24, 2.45) is 5.73 Å². The molecule has 1 saturated heterocycles. The zero-order valence-corrected chi connectivity index (χ0v) is 33.1. The van der Waals surface area contributed by atoms with E-state index in [4.69, 9.17) is 17.3 Å². The van der Waals surface area contributed by atoms with E-state index in [2.05, 4.69) is 19.8 Å². The van der Waals surface area contributed by atoms with Gasteiger partial charge in [0.15, 0.2) is 17.1 Å². The Hall–Kier alpha value is -4.33. The average Bonchev–Trinajstić information content (AvgIpc) is 3.45. The third-order valence-corrected chi connectivity index (χ3v) is 11.7. The van der Waals surface area contributed by atoms with Gasteiger partial charge in [-0.3, -0.25) is 23.7 Å². The lowest BCUT2D eigenvalue weighted by atomic mass is 9.81. The van der Waals surface area contributed by atoms with E-state index in [1.807, 2.05) is 0 Å². The largest absolute Gasteiger partial charge is 0.321 e. The van der Waals surface area contributed by atoms with Gasteiger partial charge < -0.3 is 5.73 Å². The van der Waals surface area contributed by atoms with Crippen molar-refractivity contribution in [1.29, 1.82) is 0 Å². The fourth-order valence-electron chi connectivity index (χ4n) is 7.99. The zero-order valence-electron chi connectivity index (χ0n) is 31.6. The predicted molar refractivity (Wildman–Crippen MR) is 205 cm³/mol. The molecule has 4 atom stereocenters. The number of benzene rings is 2. The highest BCUT2D eigenvalue weighted by Gasteiger charge is 2.46. The number of sulfonamides is 1. The lowest BCUT2D eigenvalue weighted by Crippen LogP contribution is -2.48. The van der Waals surface area contributed by atoms with E-state index in [9.17, 15) is 39.6 Å². The van der Waals surface area contributed by atoms with Crippen molar-refractivity contribution < 1.29 is 39.2 Å². The Kier molecular flexibility index (Phi) is 11.1. The van der Waals surface area contributed by atoms with Crippen LogP contribution in [0, 0.1) is 18.6 Å². The van der Waals surface area contributed by atoms with Crippen molar-refractivity contribution >= 4 is 49.4 Å². The summed E-state index contributed by atoms with van der Waals surface area (Å²) in [6.07, 6.45) is -5.01. The van der Waals surface area contributed by atoms with Crippen LogP contribution in [0.1, 0.15) is 67.7 Å². The molecule has 2 fully saturated rings. The number of aromatic nitrogens is 5. The van der Waals surface area contributed by atoms with Gasteiger partial charge in [-0.15, -0.1) is 0 Å². The highest BCUT2D eigenvalue weighted by Crippen LogP contribution is 2.46. The number of anilines is 1. The number of halogens is 8. The van der Waals surface area contributed by atoms with Crippen LogP contribution in [0.25, 0.3) is 27.6 Å². The quantitative estimate of drug-likeness (QED) is 0.142. The van der Waals surface area contributed by atoms with Gasteiger partial charge in [-0.2, -0.15) is 5.10 Å². The van der Waals surface area contributed by atoms with Crippen LogP contribution in [0.4, 0.5) is 36.6 Å². The van der Waals surface area contributed by atoms with Crippen LogP contribution in [0.5, 0.6) is 0 Å². The second-order valence-electron chi connectivity index (χ2n) is 15.5. The van der Waals surface area contributed by atoms with Crippen molar-refractivity contribution in [3.05, 3.63) is 86.1 Å². The van der Waals surface area contributed by atoms with Gasteiger partial charge in [-0.1, -0.05) is 11.6 Å². The van der Waals surface area contributed by atoms with Crippen LogP contribution in [-0.2, 0) is 28.7 Å². The number of nitrogens with two attached hydrogens (primary N) is 1. The summed E-state index contributed by atoms with van der Waals surface area (Å²) in [5.74, 6) is -5.29. The summed E-state index contributed by atoms with van der Waals surface area (Å²) < 4.78 is 132. The molecule has 0 bridgehead atoms. The molecule has 0 unspecified atom stereocenters. The molecule has 4 heterocycles. The van der Waals surface area contributed by atoms with Crippen molar-refractivity contribution in [1.82, 2.24) is 29.2 Å². The number of fused-ring (bicyclic) bond motifs is 2. The van der Waals surface area contributed by atoms with E-state index >= 15 is 4.39 Å². The molecule has 1 aliphatic heterocycles.